The van der Waals surface area contributed by atoms with E-state index in [1.807, 2.05) is 18.2 Å². The molecule has 1 saturated carbocycles. The lowest BCUT2D eigenvalue weighted by atomic mass is 9.89. The molecule has 2 atom stereocenters. The maximum absolute atomic E-state index is 11.2. The molecule has 1 aliphatic rings. The number of primary amides is 1. The van der Waals surface area contributed by atoms with Crippen LogP contribution in [-0.2, 0) is 6.54 Å². The van der Waals surface area contributed by atoms with Gasteiger partial charge in [0.05, 0.1) is 0 Å². The fraction of sp³-hybridized carbons (Fsp3) is 0.611. The fourth-order valence-corrected chi connectivity index (χ4v) is 3.30. The first kappa shape index (κ1) is 16.0. The molecule has 3 heteroatoms. The van der Waals surface area contributed by atoms with Gasteiger partial charge in [0, 0.05) is 18.2 Å². The summed E-state index contributed by atoms with van der Waals surface area (Å²) in [6, 6.07) is 8.21. The third-order valence-electron chi connectivity index (χ3n) is 4.76. The number of carbonyl (C=O) groups is 1. The van der Waals surface area contributed by atoms with Crippen LogP contribution in [0.25, 0.3) is 0 Å². The second-order valence-electron chi connectivity index (χ2n) is 6.65. The van der Waals surface area contributed by atoms with Crippen molar-refractivity contribution in [1.82, 2.24) is 5.32 Å². The third-order valence-corrected chi connectivity index (χ3v) is 4.76. The molecule has 0 bridgehead atoms. The van der Waals surface area contributed by atoms with Crippen LogP contribution in [0.5, 0.6) is 0 Å². The number of benzene rings is 1. The van der Waals surface area contributed by atoms with Gasteiger partial charge in [-0.05, 0) is 48.8 Å². The van der Waals surface area contributed by atoms with Crippen LogP contribution >= 0.6 is 0 Å². The van der Waals surface area contributed by atoms with Crippen LogP contribution in [0.3, 0.4) is 0 Å². The Labute approximate surface area is 128 Å². The predicted molar refractivity (Wildman–Crippen MR) is 87.0 cm³/mol. The Morgan fingerprint density at radius 3 is 2.81 bits per heavy atom. The van der Waals surface area contributed by atoms with E-state index in [-0.39, 0.29) is 5.91 Å². The number of rotatable bonds is 5. The molecule has 116 valence electrons. The van der Waals surface area contributed by atoms with Gasteiger partial charge >= 0.3 is 0 Å². The second-order valence-corrected chi connectivity index (χ2v) is 6.65. The zero-order chi connectivity index (χ0) is 15.2. The quantitative estimate of drug-likeness (QED) is 0.815. The van der Waals surface area contributed by atoms with E-state index in [9.17, 15) is 4.79 Å². The molecular weight excluding hydrogens is 260 g/mol. The monoisotopic (exact) mass is 288 g/mol. The minimum absolute atomic E-state index is 0.355. The van der Waals surface area contributed by atoms with Crippen molar-refractivity contribution in [3.8, 4) is 0 Å². The van der Waals surface area contributed by atoms with Crippen molar-refractivity contribution < 1.29 is 4.79 Å². The number of nitrogens with one attached hydrogen (secondary N) is 1. The molecular formula is C18H28N2O. The normalized spacial score (nSPS) is 23.0. The first-order chi connectivity index (χ1) is 10.1. The standard InChI is InChI=1S/C18H28N2O/c1-13(2)15-6-4-8-17(10-9-15)20-12-14-5-3-7-16(11-14)18(19)21/h3,5,7,11,13,15,17,20H,4,6,8-10,12H2,1-2H3,(H2,19,21). The molecule has 3 nitrogen and oxygen atoms in total. The fourth-order valence-electron chi connectivity index (χ4n) is 3.30. The highest BCUT2D eigenvalue weighted by molar-refractivity contribution is 5.92. The summed E-state index contributed by atoms with van der Waals surface area (Å²) in [5.74, 6) is 1.33. The lowest BCUT2D eigenvalue weighted by Gasteiger charge is -2.19. The predicted octanol–water partition coefficient (Wildman–Crippen LogP) is 3.48. The van der Waals surface area contributed by atoms with Gasteiger partial charge in [-0.25, -0.2) is 0 Å². The molecule has 2 unspecified atom stereocenters. The molecule has 0 aliphatic heterocycles. The second kappa shape index (κ2) is 7.60. The summed E-state index contributed by atoms with van der Waals surface area (Å²) >= 11 is 0. The number of hydrogen-bond acceptors (Lipinski definition) is 2. The largest absolute Gasteiger partial charge is 0.366 e. The van der Waals surface area contributed by atoms with Crippen LogP contribution < -0.4 is 11.1 Å². The zero-order valence-corrected chi connectivity index (χ0v) is 13.3. The Morgan fingerprint density at radius 2 is 2.10 bits per heavy atom. The van der Waals surface area contributed by atoms with Gasteiger partial charge < -0.3 is 11.1 Å². The van der Waals surface area contributed by atoms with Crippen molar-refractivity contribution in [1.29, 1.82) is 0 Å². The van der Waals surface area contributed by atoms with Crippen LogP contribution in [0, 0.1) is 11.8 Å². The van der Waals surface area contributed by atoms with E-state index >= 15 is 0 Å². The average molecular weight is 288 g/mol. The third kappa shape index (κ3) is 4.85. The van der Waals surface area contributed by atoms with Gasteiger partial charge in [-0.15, -0.1) is 0 Å². The highest BCUT2D eigenvalue weighted by atomic mass is 16.1. The summed E-state index contributed by atoms with van der Waals surface area (Å²) in [5.41, 5.74) is 7.05. The molecule has 0 aromatic heterocycles. The average Bonchev–Trinajstić information content (AvgIpc) is 2.71. The highest BCUT2D eigenvalue weighted by Crippen LogP contribution is 2.28. The van der Waals surface area contributed by atoms with Crippen LogP contribution in [0.1, 0.15) is 61.9 Å². The first-order valence-electron chi connectivity index (χ1n) is 8.18. The van der Waals surface area contributed by atoms with Crippen LogP contribution in [-0.4, -0.2) is 11.9 Å². The first-order valence-corrected chi connectivity index (χ1v) is 8.18. The number of nitrogens with two attached hydrogens (primary N) is 1. The van der Waals surface area contributed by atoms with Crippen LogP contribution in [0.2, 0.25) is 0 Å². The summed E-state index contributed by atoms with van der Waals surface area (Å²) in [5, 5.41) is 3.65. The number of hydrogen-bond donors (Lipinski definition) is 2. The van der Waals surface area contributed by atoms with Gasteiger partial charge in [0.2, 0.25) is 5.91 Å². The van der Waals surface area contributed by atoms with Gasteiger partial charge in [-0.1, -0.05) is 38.8 Å². The van der Waals surface area contributed by atoms with Crippen LogP contribution in [0.15, 0.2) is 24.3 Å². The summed E-state index contributed by atoms with van der Waals surface area (Å²) < 4.78 is 0. The Kier molecular flexibility index (Phi) is 5.80. The highest BCUT2D eigenvalue weighted by Gasteiger charge is 2.20. The molecule has 0 heterocycles. The van der Waals surface area contributed by atoms with Crippen molar-refractivity contribution in [3.05, 3.63) is 35.4 Å². The summed E-state index contributed by atoms with van der Waals surface area (Å²) in [4.78, 5) is 11.2. The van der Waals surface area contributed by atoms with Crippen molar-refractivity contribution in [3.63, 3.8) is 0 Å². The molecule has 1 amide bonds. The summed E-state index contributed by atoms with van der Waals surface area (Å²) in [7, 11) is 0. The molecule has 1 aromatic carbocycles. The number of amides is 1. The molecule has 0 radical (unpaired) electrons. The van der Waals surface area contributed by atoms with Crippen LogP contribution in [0.4, 0.5) is 0 Å². The molecule has 0 spiro atoms. The summed E-state index contributed by atoms with van der Waals surface area (Å²) in [6.45, 7) is 5.50. The lowest BCUT2D eigenvalue weighted by molar-refractivity contribution is 0.1000. The van der Waals surface area contributed by atoms with Gasteiger partial charge in [-0.3, -0.25) is 4.79 Å². The van der Waals surface area contributed by atoms with E-state index in [0.29, 0.717) is 11.6 Å². The molecule has 2 rings (SSSR count). The smallest absolute Gasteiger partial charge is 0.248 e. The van der Waals surface area contributed by atoms with Crippen molar-refractivity contribution >= 4 is 5.91 Å². The molecule has 1 aliphatic carbocycles. The van der Waals surface area contributed by atoms with E-state index in [1.165, 1.54) is 32.1 Å². The van der Waals surface area contributed by atoms with Crippen molar-refractivity contribution in [2.24, 2.45) is 17.6 Å². The van der Waals surface area contributed by atoms with Gasteiger partial charge in [0.25, 0.3) is 0 Å². The van der Waals surface area contributed by atoms with Crippen molar-refractivity contribution in [2.75, 3.05) is 0 Å². The Hall–Kier alpha value is -1.35. The van der Waals surface area contributed by atoms with E-state index in [0.717, 1.165) is 23.9 Å². The molecule has 3 N–H and O–H groups in total. The van der Waals surface area contributed by atoms with E-state index in [2.05, 4.69) is 19.2 Å². The minimum Gasteiger partial charge on any atom is -0.366 e. The molecule has 21 heavy (non-hydrogen) atoms. The maximum atomic E-state index is 11.2. The van der Waals surface area contributed by atoms with Crippen molar-refractivity contribution in [2.45, 2.75) is 58.5 Å². The van der Waals surface area contributed by atoms with E-state index in [1.54, 1.807) is 6.07 Å². The van der Waals surface area contributed by atoms with Gasteiger partial charge in [0.15, 0.2) is 0 Å². The maximum Gasteiger partial charge on any atom is 0.248 e. The lowest BCUT2D eigenvalue weighted by Crippen LogP contribution is -2.28. The number of carbonyl (C=O) groups excluding carboxylic acids is 1. The van der Waals surface area contributed by atoms with Gasteiger partial charge in [0.1, 0.15) is 0 Å². The Morgan fingerprint density at radius 1 is 1.29 bits per heavy atom. The SMILES string of the molecule is CC(C)C1CCCC(NCc2cccc(C(N)=O)c2)CC1. The topological polar surface area (TPSA) is 55.1 Å². The Bertz CT molecular complexity index is 470. The zero-order valence-electron chi connectivity index (χ0n) is 13.3. The van der Waals surface area contributed by atoms with E-state index in [4.69, 9.17) is 5.73 Å². The van der Waals surface area contributed by atoms with Gasteiger partial charge in [-0.2, -0.15) is 0 Å². The van der Waals surface area contributed by atoms with E-state index < -0.39 is 0 Å². The molecule has 1 aromatic rings. The minimum atomic E-state index is -0.355. The summed E-state index contributed by atoms with van der Waals surface area (Å²) in [6.07, 6.45) is 6.54. The molecule has 0 saturated heterocycles. The Balaban J connectivity index is 1.85. The molecule has 1 fully saturated rings.